The summed E-state index contributed by atoms with van der Waals surface area (Å²) in [5.41, 5.74) is 2.34. The molecule has 4 rings (SSSR count). The zero-order chi connectivity index (χ0) is 21.6. The lowest BCUT2D eigenvalue weighted by molar-refractivity contribution is 0.102. The summed E-state index contributed by atoms with van der Waals surface area (Å²) in [6.07, 6.45) is 5.61. The molecule has 162 valence electrons. The number of carbonyl (C=O) groups is 1. The molecule has 0 spiro atoms. The number of nitrogens with one attached hydrogen (secondary N) is 1. The van der Waals surface area contributed by atoms with Crippen molar-refractivity contribution < 1.29 is 9.53 Å². The minimum absolute atomic E-state index is 0.179. The number of piperidine rings is 1. The molecule has 31 heavy (non-hydrogen) atoms. The second kappa shape index (κ2) is 10.3. The number of hydrogen-bond acceptors (Lipinski definition) is 4. The highest BCUT2D eigenvalue weighted by Crippen LogP contribution is 2.28. The quantitative estimate of drug-likeness (QED) is 0.458. The lowest BCUT2D eigenvalue weighted by Crippen LogP contribution is -2.29. The Hall–Kier alpha value is -2.35. The molecule has 0 radical (unpaired) electrons. The highest BCUT2D eigenvalue weighted by molar-refractivity contribution is 9.10. The van der Waals surface area contributed by atoms with Crippen LogP contribution in [-0.4, -0.2) is 33.7 Å². The number of halogens is 2. The SMILES string of the molecule is O=C(Nc1ccc(CN2CCCCC2)cc1)c1ccn(COc2ccc(Cl)cc2Br)n1. The number of benzene rings is 2. The van der Waals surface area contributed by atoms with E-state index in [0.29, 0.717) is 16.5 Å². The molecule has 0 unspecified atom stereocenters. The molecule has 1 aliphatic rings. The number of carbonyl (C=O) groups excluding carboxylic acids is 1. The van der Waals surface area contributed by atoms with Crippen molar-refractivity contribution in [2.45, 2.75) is 32.5 Å². The maximum absolute atomic E-state index is 12.5. The molecule has 1 aromatic heterocycles. The van der Waals surface area contributed by atoms with Crippen LogP contribution in [-0.2, 0) is 13.3 Å². The first-order valence-corrected chi connectivity index (χ1v) is 11.5. The second-order valence-corrected chi connectivity index (χ2v) is 8.87. The molecule has 0 saturated carbocycles. The topological polar surface area (TPSA) is 59.4 Å². The van der Waals surface area contributed by atoms with E-state index in [-0.39, 0.29) is 12.6 Å². The third-order valence-corrected chi connectivity index (χ3v) is 6.04. The van der Waals surface area contributed by atoms with Crippen LogP contribution in [0.15, 0.2) is 59.2 Å². The van der Waals surface area contributed by atoms with Crippen molar-refractivity contribution in [3.8, 4) is 5.75 Å². The summed E-state index contributed by atoms with van der Waals surface area (Å²) < 4.78 is 8.05. The first-order valence-electron chi connectivity index (χ1n) is 10.3. The van der Waals surface area contributed by atoms with Crippen LogP contribution in [0.4, 0.5) is 5.69 Å². The number of ether oxygens (including phenoxy) is 1. The lowest BCUT2D eigenvalue weighted by atomic mass is 10.1. The van der Waals surface area contributed by atoms with E-state index in [0.717, 1.165) is 16.7 Å². The Balaban J connectivity index is 1.30. The standard InChI is InChI=1S/C23H24BrClN4O2/c24-20-14-18(25)6-9-22(20)31-16-29-13-10-21(27-29)23(30)26-19-7-4-17(5-8-19)15-28-11-2-1-3-12-28/h4-10,13-14H,1-3,11-12,15-16H2,(H,26,30). The Morgan fingerprint density at radius 1 is 1.10 bits per heavy atom. The molecule has 2 aromatic carbocycles. The van der Waals surface area contributed by atoms with E-state index >= 15 is 0 Å². The van der Waals surface area contributed by atoms with Gasteiger partial charge in [0.25, 0.3) is 5.91 Å². The molecule has 1 amide bonds. The maximum Gasteiger partial charge on any atom is 0.276 e. The van der Waals surface area contributed by atoms with Gasteiger partial charge in [-0.25, -0.2) is 4.68 Å². The van der Waals surface area contributed by atoms with Crippen molar-refractivity contribution in [2.75, 3.05) is 18.4 Å². The Kier molecular flexibility index (Phi) is 7.27. The average Bonchev–Trinajstić information content (AvgIpc) is 3.25. The zero-order valence-electron chi connectivity index (χ0n) is 17.1. The van der Waals surface area contributed by atoms with Gasteiger partial charge in [0.1, 0.15) is 5.75 Å². The van der Waals surface area contributed by atoms with Gasteiger partial charge in [-0.3, -0.25) is 9.69 Å². The zero-order valence-corrected chi connectivity index (χ0v) is 19.4. The highest BCUT2D eigenvalue weighted by Gasteiger charge is 2.12. The monoisotopic (exact) mass is 502 g/mol. The van der Waals surface area contributed by atoms with Crippen molar-refractivity contribution in [3.05, 3.63) is 75.5 Å². The van der Waals surface area contributed by atoms with Gasteiger partial charge in [0.2, 0.25) is 0 Å². The summed E-state index contributed by atoms with van der Waals surface area (Å²) in [4.78, 5) is 15.0. The first-order chi connectivity index (χ1) is 15.1. The molecule has 2 heterocycles. The van der Waals surface area contributed by atoms with Gasteiger partial charge in [0, 0.05) is 23.5 Å². The molecule has 1 saturated heterocycles. The lowest BCUT2D eigenvalue weighted by Gasteiger charge is -2.26. The summed E-state index contributed by atoms with van der Waals surface area (Å²) in [6, 6.07) is 15.0. The number of likely N-dealkylation sites (tertiary alicyclic amines) is 1. The van der Waals surface area contributed by atoms with Crippen molar-refractivity contribution in [1.82, 2.24) is 14.7 Å². The van der Waals surface area contributed by atoms with Crippen LogP contribution in [0.1, 0.15) is 35.3 Å². The minimum atomic E-state index is -0.254. The third-order valence-electron chi connectivity index (χ3n) is 5.19. The molecule has 0 bridgehead atoms. The Morgan fingerprint density at radius 3 is 2.61 bits per heavy atom. The van der Waals surface area contributed by atoms with E-state index in [1.165, 1.54) is 37.9 Å². The second-order valence-electron chi connectivity index (χ2n) is 7.58. The van der Waals surface area contributed by atoms with Crippen LogP contribution in [0.5, 0.6) is 5.75 Å². The number of amides is 1. The summed E-state index contributed by atoms with van der Waals surface area (Å²) in [6.45, 7) is 3.47. The maximum atomic E-state index is 12.5. The average molecular weight is 504 g/mol. The molecule has 3 aromatic rings. The number of rotatable bonds is 7. The fourth-order valence-corrected chi connectivity index (χ4v) is 4.34. The first kappa shape index (κ1) is 21.9. The van der Waals surface area contributed by atoms with Gasteiger partial charge in [-0.2, -0.15) is 5.10 Å². The Bertz CT molecular complexity index is 1030. The molecular formula is C23H24BrClN4O2. The summed E-state index contributed by atoms with van der Waals surface area (Å²) >= 11 is 9.35. The number of aromatic nitrogens is 2. The summed E-state index contributed by atoms with van der Waals surface area (Å²) in [5.74, 6) is 0.394. The number of hydrogen-bond donors (Lipinski definition) is 1. The fraction of sp³-hybridized carbons (Fsp3) is 0.304. The molecule has 1 aliphatic heterocycles. The smallest absolute Gasteiger partial charge is 0.276 e. The molecule has 0 atom stereocenters. The van der Waals surface area contributed by atoms with Gasteiger partial charge in [-0.05, 0) is 83.8 Å². The van der Waals surface area contributed by atoms with E-state index in [4.69, 9.17) is 16.3 Å². The Morgan fingerprint density at radius 2 is 1.87 bits per heavy atom. The van der Waals surface area contributed by atoms with Crippen molar-refractivity contribution in [3.63, 3.8) is 0 Å². The summed E-state index contributed by atoms with van der Waals surface area (Å²) in [5, 5.41) is 7.82. The largest absolute Gasteiger partial charge is 0.470 e. The molecular weight excluding hydrogens is 480 g/mol. The van der Waals surface area contributed by atoms with Crippen molar-refractivity contribution >= 4 is 39.1 Å². The molecule has 6 nitrogen and oxygen atoms in total. The van der Waals surface area contributed by atoms with Gasteiger partial charge < -0.3 is 10.1 Å². The predicted octanol–water partition coefficient (Wildman–Crippen LogP) is 5.57. The van der Waals surface area contributed by atoms with E-state index in [1.54, 1.807) is 35.1 Å². The van der Waals surface area contributed by atoms with Gasteiger partial charge in [-0.15, -0.1) is 0 Å². The molecule has 8 heteroatoms. The highest BCUT2D eigenvalue weighted by atomic mass is 79.9. The van der Waals surface area contributed by atoms with Crippen LogP contribution in [0, 0.1) is 0 Å². The minimum Gasteiger partial charge on any atom is -0.470 e. The number of anilines is 1. The van der Waals surface area contributed by atoms with Crippen LogP contribution >= 0.6 is 27.5 Å². The number of nitrogens with zero attached hydrogens (tertiary/aromatic N) is 3. The molecule has 1 N–H and O–H groups in total. The fourth-order valence-electron chi connectivity index (χ4n) is 3.55. The van der Waals surface area contributed by atoms with Crippen molar-refractivity contribution in [1.29, 1.82) is 0 Å². The van der Waals surface area contributed by atoms with E-state index < -0.39 is 0 Å². The van der Waals surface area contributed by atoms with Gasteiger partial charge in [0.15, 0.2) is 12.4 Å². The normalized spacial score (nSPS) is 14.4. The third kappa shape index (κ3) is 6.09. The van der Waals surface area contributed by atoms with E-state index in [1.807, 2.05) is 12.1 Å². The van der Waals surface area contributed by atoms with Gasteiger partial charge in [0.05, 0.1) is 4.47 Å². The van der Waals surface area contributed by atoms with Gasteiger partial charge in [-0.1, -0.05) is 30.2 Å². The van der Waals surface area contributed by atoms with Crippen LogP contribution in [0.2, 0.25) is 5.02 Å². The van der Waals surface area contributed by atoms with Crippen LogP contribution in [0.25, 0.3) is 0 Å². The molecule has 1 fully saturated rings. The Labute approximate surface area is 195 Å². The van der Waals surface area contributed by atoms with Crippen LogP contribution < -0.4 is 10.1 Å². The van der Waals surface area contributed by atoms with E-state index in [2.05, 4.69) is 43.4 Å². The van der Waals surface area contributed by atoms with E-state index in [9.17, 15) is 4.79 Å². The van der Waals surface area contributed by atoms with Gasteiger partial charge >= 0.3 is 0 Å². The molecule has 0 aliphatic carbocycles. The van der Waals surface area contributed by atoms with Crippen molar-refractivity contribution in [2.24, 2.45) is 0 Å². The predicted molar refractivity (Wildman–Crippen MR) is 126 cm³/mol. The van der Waals surface area contributed by atoms with Crippen LogP contribution in [0.3, 0.4) is 0 Å². The summed E-state index contributed by atoms with van der Waals surface area (Å²) in [7, 11) is 0.